The van der Waals surface area contributed by atoms with E-state index in [0.29, 0.717) is 23.6 Å². The first kappa shape index (κ1) is 17.8. The Morgan fingerprint density at radius 3 is 2.14 bits per heavy atom. The molecule has 0 aliphatic rings. The Hall–Kier alpha value is -2.24. The summed E-state index contributed by atoms with van der Waals surface area (Å²) < 4.78 is 10.5. The summed E-state index contributed by atoms with van der Waals surface area (Å²) in [6.45, 7) is 3.95. The van der Waals surface area contributed by atoms with Gasteiger partial charge in [0.2, 0.25) is 5.91 Å². The molecule has 0 saturated carbocycles. The van der Waals surface area contributed by atoms with Crippen LogP contribution in [0.4, 0.5) is 0 Å². The number of carbonyl (C=O) groups excluding carboxylic acids is 1. The SMILES string of the molecule is COc1cccc(OC)c1CC(=O)N(CC(=O)O)CC(C)C. The normalized spacial score (nSPS) is 10.4. The standard InChI is InChI=1S/C16H23NO5/c1-11(2)9-17(10-16(19)20)15(18)8-12-13(21-3)6-5-7-14(12)22-4/h5-7,11H,8-10H2,1-4H3,(H,19,20). The van der Waals surface area contributed by atoms with Gasteiger partial charge in [0.05, 0.1) is 20.6 Å². The fraction of sp³-hybridized carbons (Fsp3) is 0.500. The predicted octanol–water partition coefficient (Wildman–Crippen LogP) is 1.82. The minimum Gasteiger partial charge on any atom is -0.496 e. The van der Waals surface area contributed by atoms with Crippen LogP contribution in [-0.4, -0.2) is 49.2 Å². The summed E-state index contributed by atoms with van der Waals surface area (Å²) in [4.78, 5) is 24.8. The van der Waals surface area contributed by atoms with E-state index in [4.69, 9.17) is 14.6 Å². The molecule has 0 spiro atoms. The van der Waals surface area contributed by atoms with Gasteiger partial charge < -0.3 is 19.5 Å². The van der Waals surface area contributed by atoms with Crippen LogP contribution in [-0.2, 0) is 16.0 Å². The smallest absolute Gasteiger partial charge is 0.323 e. The number of carbonyl (C=O) groups is 2. The van der Waals surface area contributed by atoms with Crippen molar-refractivity contribution in [2.45, 2.75) is 20.3 Å². The quantitative estimate of drug-likeness (QED) is 0.792. The van der Waals surface area contributed by atoms with Crippen molar-refractivity contribution in [3.63, 3.8) is 0 Å². The molecule has 0 unspecified atom stereocenters. The van der Waals surface area contributed by atoms with E-state index < -0.39 is 5.97 Å². The van der Waals surface area contributed by atoms with Crippen LogP contribution in [0.5, 0.6) is 11.5 Å². The number of hydrogen-bond acceptors (Lipinski definition) is 4. The van der Waals surface area contributed by atoms with Crippen molar-refractivity contribution in [3.8, 4) is 11.5 Å². The van der Waals surface area contributed by atoms with E-state index in [1.54, 1.807) is 18.2 Å². The van der Waals surface area contributed by atoms with Gasteiger partial charge >= 0.3 is 5.97 Å². The molecule has 6 heteroatoms. The number of carboxylic acid groups (broad SMARTS) is 1. The highest BCUT2D eigenvalue weighted by Gasteiger charge is 2.21. The molecule has 0 aliphatic heterocycles. The molecule has 0 bridgehead atoms. The van der Waals surface area contributed by atoms with Gasteiger partial charge in [-0.05, 0) is 18.1 Å². The molecular weight excluding hydrogens is 286 g/mol. The van der Waals surface area contributed by atoms with Gasteiger partial charge in [0, 0.05) is 12.1 Å². The number of methoxy groups -OCH3 is 2. The summed E-state index contributed by atoms with van der Waals surface area (Å²) in [6.07, 6.45) is 0.0349. The molecule has 0 aromatic heterocycles. The first-order chi connectivity index (χ1) is 10.4. The van der Waals surface area contributed by atoms with Crippen LogP contribution in [0.2, 0.25) is 0 Å². The molecule has 122 valence electrons. The molecule has 1 aromatic rings. The van der Waals surface area contributed by atoms with Gasteiger partial charge in [-0.3, -0.25) is 9.59 Å². The first-order valence-electron chi connectivity index (χ1n) is 7.08. The van der Waals surface area contributed by atoms with Crippen LogP contribution in [0.25, 0.3) is 0 Å². The van der Waals surface area contributed by atoms with Gasteiger partial charge in [-0.2, -0.15) is 0 Å². The number of rotatable bonds is 8. The lowest BCUT2D eigenvalue weighted by Crippen LogP contribution is -2.39. The van der Waals surface area contributed by atoms with Gasteiger partial charge in [-0.1, -0.05) is 19.9 Å². The maximum atomic E-state index is 12.5. The van der Waals surface area contributed by atoms with Crippen LogP contribution in [0, 0.1) is 5.92 Å². The number of nitrogens with zero attached hydrogens (tertiary/aromatic N) is 1. The minimum absolute atomic E-state index is 0.0349. The predicted molar refractivity (Wildman–Crippen MR) is 82.3 cm³/mol. The third kappa shape index (κ3) is 4.95. The average Bonchev–Trinajstić information content (AvgIpc) is 2.45. The molecule has 1 amide bonds. The highest BCUT2D eigenvalue weighted by Crippen LogP contribution is 2.29. The van der Waals surface area contributed by atoms with Crippen LogP contribution < -0.4 is 9.47 Å². The molecule has 0 atom stereocenters. The van der Waals surface area contributed by atoms with E-state index in [-0.39, 0.29) is 24.8 Å². The number of hydrogen-bond donors (Lipinski definition) is 1. The van der Waals surface area contributed by atoms with Gasteiger partial charge in [0.15, 0.2) is 0 Å². The van der Waals surface area contributed by atoms with Crippen molar-refractivity contribution in [1.29, 1.82) is 0 Å². The summed E-state index contributed by atoms with van der Waals surface area (Å²) in [5, 5.41) is 8.97. The first-order valence-corrected chi connectivity index (χ1v) is 7.08. The fourth-order valence-electron chi connectivity index (χ4n) is 2.22. The van der Waals surface area contributed by atoms with Crippen LogP contribution >= 0.6 is 0 Å². The van der Waals surface area contributed by atoms with Gasteiger partial charge in [-0.25, -0.2) is 0 Å². The number of carboxylic acids is 1. The molecule has 1 rings (SSSR count). The second-order valence-electron chi connectivity index (χ2n) is 5.38. The van der Waals surface area contributed by atoms with Crippen molar-refractivity contribution in [2.75, 3.05) is 27.3 Å². The maximum Gasteiger partial charge on any atom is 0.323 e. The number of benzene rings is 1. The summed E-state index contributed by atoms with van der Waals surface area (Å²) >= 11 is 0. The Bertz CT molecular complexity index is 505. The zero-order chi connectivity index (χ0) is 16.7. The molecule has 1 aromatic carbocycles. The molecule has 1 N–H and O–H groups in total. The Balaban J connectivity index is 3.00. The molecule has 6 nitrogen and oxygen atoms in total. The van der Waals surface area contributed by atoms with E-state index in [0.717, 1.165) is 0 Å². The molecule has 0 radical (unpaired) electrons. The second kappa shape index (κ2) is 8.26. The van der Waals surface area contributed by atoms with Crippen LogP contribution in [0.1, 0.15) is 19.4 Å². The summed E-state index contributed by atoms with van der Waals surface area (Å²) in [7, 11) is 3.04. The lowest BCUT2D eigenvalue weighted by Gasteiger charge is -2.23. The van der Waals surface area contributed by atoms with Crippen molar-refractivity contribution in [1.82, 2.24) is 4.90 Å². The molecule has 22 heavy (non-hydrogen) atoms. The summed E-state index contributed by atoms with van der Waals surface area (Å²) in [5.74, 6) is -0.0113. The summed E-state index contributed by atoms with van der Waals surface area (Å²) in [6, 6.07) is 5.26. The van der Waals surface area contributed by atoms with Crippen molar-refractivity contribution in [3.05, 3.63) is 23.8 Å². The Morgan fingerprint density at radius 2 is 1.73 bits per heavy atom. The third-order valence-electron chi connectivity index (χ3n) is 3.12. The average molecular weight is 309 g/mol. The highest BCUT2D eigenvalue weighted by molar-refractivity contribution is 5.84. The minimum atomic E-state index is -1.03. The Morgan fingerprint density at radius 1 is 1.18 bits per heavy atom. The third-order valence-corrected chi connectivity index (χ3v) is 3.12. The summed E-state index contributed by atoms with van der Waals surface area (Å²) in [5.41, 5.74) is 0.622. The number of ether oxygens (including phenoxy) is 2. The van der Waals surface area contributed by atoms with E-state index in [2.05, 4.69) is 0 Å². The fourth-order valence-corrected chi connectivity index (χ4v) is 2.22. The Kier molecular flexibility index (Phi) is 6.69. The molecule has 0 saturated heterocycles. The maximum absolute atomic E-state index is 12.5. The topological polar surface area (TPSA) is 76.1 Å². The number of amides is 1. The van der Waals surface area contributed by atoms with E-state index in [1.165, 1.54) is 19.1 Å². The van der Waals surface area contributed by atoms with Gasteiger partial charge in [-0.15, -0.1) is 0 Å². The lowest BCUT2D eigenvalue weighted by molar-refractivity contribution is -0.144. The zero-order valence-corrected chi connectivity index (χ0v) is 13.5. The molecular formula is C16H23NO5. The van der Waals surface area contributed by atoms with E-state index in [1.807, 2.05) is 13.8 Å². The van der Waals surface area contributed by atoms with Crippen molar-refractivity contribution < 1.29 is 24.2 Å². The van der Waals surface area contributed by atoms with Crippen LogP contribution in [0.15, 0.2) is 18.2 Å². The highest BCUT2D eigenvalue weighted by atomic mass is 16.5. The van der Waals surface area contributed by atoms with Crippen LogP contribution in [0.3, 0.4) is 0 Å². The largest absolute Gasteiger partial charge is 0.496 e. The molecule has 0 fully saturated rings. The van der Waals surface area contributed by atoms with E-state index >= 15 is 0 Å². The lowest BCUT2D eigenvalue weighted by atomic mass is 10.1. The monoisotopic (exact) mass is 309 g/mol. The van der Waals surface area contributed by atoms with Gasteiger partial charge in [0.25, 0.3) is 0 Å². The van der Waals surface area contributed by atoms with Crippen molar-refractivity contribution >= 4 is 11.9 Å². The van der Waals surface area contributed by atoms with Crippen molar-refractivity contribution in [2.24, 2.45) is 5.92 Å². The molecule has 0 aliphatic carbocycles. The number of aliphatic carboxylic acids is 1. The van der Waals surface area contributed by atoms with E-state index in [9.17, 15) is 9.59 Å². The zero-order valence-electron chi connectivity index (χ0n) is 13.5. The second-order valence-corrected chi connectivity index (χ2v) is 5.38. The molecule has 0 heterocycles. The van der Waals surface area contributed by atoms with Gasteiger partial charge in [0.1, 0.15) is 18.0 Å². The Labute approximate surface area is 130 Å².